The first kappa shape index (κ1) is 21.2. The second kappa shape index (κ2) is 10.3. The van der Waals surface area contributed by atoms with Crippen LogP contribution in [0.5, 0.6) is 0 Å². The van der Waals surface area contributed by atoms with Gasteiger partial charge >= 0.3 is 0 Å². The molecule has 150 valence electrons. The minimum atomic E-state index is -0.491. The number of benzene rings is 1. The molecule has 1 unspecified atom stereocenters. The maximum atomic E-state index is 12.2. The number of non-ortho nitro benzene ring substituents is 1. The number of nitro groups is 1. The van der Waals surface area contributed by atoms with Gasteiger partial charge in [0.25, 0.3) is 5.69 Å². The van der Waals surface area contributed by atoms with Crippen molar-refractivity contribution in [3.8, 4) is 0 Å². The SMILES string of the molecule is Cc1ccc([N+](=O)[O-])cc1NC(=O)CCN(C)CC(O)CN1CCOCC1. The van der Waals surface area contributed by atoms with Crippen molar-refractivity contribution in [2.45, 2.75) is 19.4 Å². The number of amides is 1. The largest absolute Gasteiger partial charge is 0.390 e. The van der Waals surface area contributed by atoms with Gasteiger partial charge in [-0.3, -0.25) is 19.8 Å². The average molecular weight is 380 g/mol. The molecule has 0 aromatic heterocycles. The van der Waals surface area contributed by atoms with Crippen molar-refractivity contribution in [3.63, 3.8) is 0 Å². The summed E-state index contributed by atoms with van der Waals surface area (Å²) in [4.78, 5) is 26.6. The number of β-amino-alcohol motifs (C(OH)–C–C–N with tert-alkyl or cyclic N) is 1. The number of aryl methyl sites for hydroxylation is 1. The Morgan fingerprint density at radius 2 is 2.15 bits per heavy atom. The molecule has 1 saturated heterocycles. The third-order valence-corrected chi connectivity index (χ3v) is 4.52. The van der Waals surface area contributed by atoms with Crippen LogP contribution in [0.1, 0.15) is 12.0 Å². The van der Waals surface area contributed by atoms with Crippen molar-refractivity contribution in [2.75, 3.05) is 58.3 Å². The van der Waals surface area contributed by atoms with Crippen LogP contribution in [0.15, 0.2) is 18.2 Å². The van der Waals surface area contributed by atoms with E-state index >= 15 is 0 Å². The summed E-state index contributed by atoms with van der Waals surface area (Å²) in [5.41, 5.74) is 1.16. The van der Waals surface area contributed by atoms with Crippen LogP contribution < -0.4 is 5.32 Å². The molecule has 0 aliphatic carbocycles. The molecule has 9 heteroatoms. The fourth-order valence-electron chi connectivity index (χ4n) is 2.95. The molecule has 1 aromatic carbocycles. The Kier molecular flexibility index (Phi) is 8.11. The molecular weight excluding hydrogens is 352 g/mol. The topological polar surface area (TPSA) is 108 Å². The Labute approximate surface area is 159 Å². The highest BCUT2D eigenvalue weighted by atomic mass is 16.6. The van der Waals surface area contributed by atoms with Gasteiger partial charge in [-0.15, -0.1) is 0 Å². The van der Waals surface area contributed by atoms with Gasteiger partial charge in [0.2, 0.25) is 5.91 Å². The lowest BCUT2D eigenvalue weighted by Crippen LogP contribution is -2.44. The Morgan fingerprint density at radius 1 is 1.44 bits per heavy atom. The molecule has 9 nitrogen and oxygen atoms in total. The van der Waals surface area contributed by atoms with E-state index in [1.165, 1.54) is 12.1 Å². The lowest BCUT2D eigenvalue weighted by molar-refractivity contribution is -0.384. The maximum Gasteiger partial charge on any atom is 0.271 e. The molecule has 0 bridgehead atoms. The van der Waals surface area contributed by atoms with Gasteiger partial charge in [0.05, 0.1) is 29.9 Å². The van der Waals surface area contributed by atoms with Crippen LogP contribution in [0.3, 0.4) is 0 Å². The van der Waals surface area contributed by atoms with E-state index in [0.717, 1.165) is 18.7 Å². The number of hydrogen-bond donors (Lipinski definition) is 2. The first-order valence-corrected chi connectivity index (χ1v) is 9.06. The molecule has 2 rings (SSSR count). The van der Waals surface area contributed by atoms with Crippen LogP contribution >= 0.6 is 0 Å². The van der Waals surface area contributed by atoms with Crippen molar-refractivity contribution in [2.24, 2.45) is 0 Å². The van der Waals surface area contributed by atoms with Gasteiger partial charge in [0.1, 0.15) is 0 Å². The monoisotopic (exact) mass is 380 g/mol. The highest BCUT2D eigenvalue weighted by molar-refractivity contribution is 5.92. The Morgan fingerprint density at radius 3 is 2.81 bits per heavy atom. The van der Waals surface area contributed by atoms with Gasteiger partial charge in [-0.25, -0.2) is 0 Å². The zero-order chi connectivity index (χ0) is 19.8. The molecule has 1 atom stereocenters. The first-order valence-electron chi connectivity index (χ1n) is 9.06. The molecule has 1 aliphatic heterocycles. The summed E-state index contributed by atoms with van der Waals surface area (Å²) in [7, 11) is 1.86. The number of carbonyl (C=O) groups excluding carboxylic acids is 1. The van der Waals surface area contributed by atoms with Gasteiger partial charge in [0, 0.05) is 51.3 Å². The highest BCUT2D eigenvalue weighted by Crippen LogP contribution is 2.21. The summed E-state index contributed by atoms with van der Waals surface area (Å²) in [5, 5.41) is 23.8. The number of likely N-dealkylation sites (N-methyl/N-ethyl adjacent to an activating group) is 1. The number of hydrogen-bond acceptors (Lipinski definition) is 7. The van der Waals surface area contributed by atoms with E-state index in [2.05, 4.69) is 10.2 Å². The fourth-order valence-corrected chi connectivity index (χ4v) is 2.95. The number of ether oxygens (including phenoxy) is 1. The van der Waals surface area contributed by atoms with Crippen LogP contribution in [0, 0.1) is 17.0 Å². The summed E-state index contributed by atoms with van der Waals surface area (Å²) < 4.78 is 5.29. The lowest BCUT2D eigenvalue weighted by atomic mass is 10.1. The third-order valence-electron chi connectivity index (χ3n) is 4.52. The molecule has 0 saturated carbocycles. The van der Waals surface area contributed by atoms with Crippen molar-refractivity contribution < 1.29 is 19.6 Å². The van der Waals surface area contributed by atoms with Crippen molar-refractivity contribution >= 4 is 17.3 Å². The van der Waals surface area contributed by atoms with Crippen molar-refractivity contribution in [3.05, 3.63) is 33.9 Å². The zero-order valence-corrected chi connectivity index (χ0v) is 15.9. The van der Waals surface area contributed by atoms with E-state index in [1.807, 2.05) is 11.9 Å². The van der Waals surface area contributed by atoms with E-state index in [9.17, 15) is 20.0 Å². The van der Waals surface area contributed by atoms with E-state index < -0.39 is 11.0 Å². The van der Waals surface area contributed by atoms with E-state index in [1.54, 1.807) is 13.0 Å². The number of aliphatic hydroxyl groups excluding tert-OH is 1. The summed E-state index contributed by atoms with van der Waals surface area (Å²) in [6, 6.07) is 4.39. The first-order chi connectivity index (χ1) is 12.8. The molecule has 1 heterocycles. The van der Waals surface area contributed by atoms with Crippen molar-refractivity contribution in [1.82, 2.24) is 9.80 Å². The van der Waals surface area contributed by atoms with E-state index in [4.69, 9.17) is 4.74 Å². The predicted octanol–water partition coefficient (Wildman–Crippen LogP) is 0.857. The summed E-state index contributed by atoms with van der Waals surface area (Å²) >= 11 is 0. The van der Waals surface area contributed by atoms with Crippen molar-refractivity contribution in [1.29, 1.82) is 0 Å². The second-order valence-electron chi connectivity index (χ2n) is 6.88. The van der Waals surface area contributed by atoms with Crippen LogP contribution in [0.25, 0.3) is 0 Å². The van der Waals surface area contributed by atoms with Crippen LogP contribution in [0.4, 0.5) is 11.4 Å². The summed E-state index contributed by atoms with van der Waals surface area (Å²) in [6.07, 6.45) is -0.252. The van der Waals surface area contributed by atoms with Crippen LogP contribution in [-0.4, -0.2) is 84.8 Å². The summed E-state index contributed by atoms with van der Waals surface area (Å²) in [5.74, 6) is -0.215. The van der Waals surface area contributed by atoms with Crippen LogP contribution in [0.2, 0.25) is 0 Å². The van der Waals surface area contributed by atoms with E-state index in [0.29, 0.717) is 38.5 Å². The Balaban J connectivity index is 1.74. The number of nitrogens with zero attached hydrogens (tertiary/aromatic N) is 3. The molecule has 2 N–H and O–H groups in total. The average Bonchev–Trinajstić information content (AvgIpc) is 2.62. The standard InChI is InChI=1S/C18H28N4O5/c1-14-3-4-15(22(25)26)11-17(14)19-18(24)5-6-20(2)12-16(23)13-21-7-9-27-10-8-21/h3-4,11,16,23H,5-10,12-13H2,1-2H3,(H,19,24). The normalized spacial score (nSPS) is 16.3. The number of rotatable bonds is 9. The lowest BCUT2D eigenvalue weighted by Gasteiger charge is -2.30. The molecule has 0 radical (unpaired) electrons. The molecule has 1 fully saturated rings. The Bertz CT molecular complexity index is 649. The number of carbonyl (C=O) groups is 1. The predicted molar refractivity (Wildman–Crippen MR) is 102 cm³/mol. The molecule has 27 heavy (non-hydrogen) atoms. The molecule has 0 spiro atoms. The van der Waals surface area contributed by atoms with Crippen LogP contribution in [-0.2, 0) is 9.53 Å². The second-order valence-corrected chi connectivity index (χ2v) is 6.88. The Hall–Kier alpha value is -2.07. The van der Waals surface area contributed by atoms with Gasteiger partial charge in [-0.05, 0) is 19.5 Å². The fraction of sp³-hybridized carbons (Fsp3) is 0.611. The van der Waals surface area contributed by atoms with Gasteiger partial charge < -0.3 is 20.1 Å². The number of aliphatic hydroxyl groups is 1. The number of nitro benzene ring substituents is 1. The smallest absolute Gasteiger partial charge is 0.271 e. The molecule has 1 aromatic rings. The molecule has 1 aliphatic rings. The minimum Gasteiger partial charge on any atom is -0.390 e. The number of anilines is 1. The quantitative estimate of drug-likeness (QED) is 0.483. The summed E-state index contributed by atoms with van der Waals surface area (Å²) in [6.45, 7) is 6.37. The maximum absolute atomic E-state index is 12.2. The van der Waals surface area contributed by atoms with Gasteiger partial charge in [0.15, 0.2) is 0 Å². The number of nitrogens with one attached hydrogen (secondary N) is 1. The third kappa shape index (κ3) is 7.22. The minimum absolute atomic E-state index is 0.0562. The highest BCUT2D eigenvalue weighted by Gasteiger charge is 2.17. The molecular formula is C18H28N4O5. The van der Waals surface area contributed by atoms with E-state index in [-0.39, 0.29) is 18.0 Å². The van der Waals surface area contributed by atoms with Gasteiger partial charge in [-0.2, -0.15) is 0 Å². The number of morpholine rings is 1. The molecule has 1 amide bonds. The zero-order valence-electron chi connectivity index (χ0n) is 15.9. The van der Waals surface area contributed by atoms with Gasteiger partial charge in [-0.1, -0.05) is 6.07 Å².